The van der Waals surface area contributed by atoms with Gasteiger partial charge >= 0.3 is 0 Å². The van der Waals surface area contributed by atoms with Crippen LogP contribution in [0.5, 0.6) is 0 Å². The van der Waals surface area contributed by atoms with Gasteiger partial charge in [-0.1, -0.05) is 34.6 Å². The van der Waals surface area contributed by atoms with Crippen molar-refractivity contribution in [3.63, 3.8) is 0 Å². The van der Waals surface area contributed by atoms with Crippen LogP contribution < -0.4 is 5.32 Å². The summed E-state index contributed by atoms with van der Waals surface area (Å²) in [4.78, 5) is 2.65. The third-order valence-corrected chi connectivity index (χ3v) is 5.04. The fraction of sp³-hybridized carbons (Fsp3) is 1.00. The monoisotopic (exact) mass is 258 g/mol. The van der Waals surface area contributed by atoms with Crippen molar-refractivity contribution < 1.29 is 0 Å². The first kappa shape index (κ1) is 15.3. The highest BCUT2D eigenvalue weighted by Gasteiger charge is 2.31. The van der Waals surface area contributed by atoms with E-state index in [1.54, 1.807) is 0 Å². The molecule has 1 saturated heterocycles. The van der Waals surface area contributed by atoms with Crippen LogP contribution >= 0.6 is 11.8 Å². The summed E-state index contributed by atoms with van der Waals surface area (Å²) in [7, 11) is 0. The third-order valence-electron chi connectivity index (χ3n) is 3.81. The van der Waals surface area contributed by atoms with Crippen LogP contribution in [0.2, 0.25) is 0 Å². The summed E-state index contributed by atoms with van der Waals surface area (Å²) in [6.07, 6.45) is 0. The largest absolute Gasteiger partial charge is 0.314 e. The SMILES string of the molecule is CCNC(C)C(C)(C)CN1CC(C)SC(C)C1. The van der Waals surface area contributed by atoms with Crippen LogP contribution in [-0.2, 0) is 0 Å². The molecule has 0 bridgehead atoms. The summed E-state index contributed by atoms with van der Waals surface area (Å²) >= 11 is 2.13. The highest BCUT2D eigenvalue weighted by Crippen LogP contribution is 2.29. The van der Waals surface area contributed by atoms with Crippen molar-refractivity contribution in [2.75, 3.05) is 26.2 Å². The summed E-state index contributed by atoms with van der Waals surface area (Å²) in [5.41, 5.74) is 0.345. The molecule has 0 radical (unpaired) electrons. The fourth-order valence-corrected chi connectivity index (χ4v) is 4.10. The molecular weight excluding hydrogens is 228 g/mol. The van der Waals surface area contributed by atoms with E-state index in [0.29, 0.717) is 11.5 Å². The maximum absolute atomic E-state index is 3.57. The van der Waals surface area contributed by atoms with Gasteiger partial charge in [0.25, 0.3) is 0 Å². The van der Waals surface area contributed by atoms with Gasteiger partial charge in [0.05, 0.1) is 0 Å². The second-order valence-electron chi connectivity index (χ2n) is 6.22. The smallest absolute Gasteiger partial charge is 0.0149 e. The first-order valence-electron chi connectivity index (χ1n) is 6.96. The van der Waals surface area contributed by atoms with Crippen LogP contribution in [0.4, 0.5) is 0 Å². The van der Waals surface area contributed by atoms with Crippen LogP contribution in [0.1, 0.15) is 41.5 Å². The molecule has 0 aromatic heterocycles. The molecule has 1 rings (SSSR count). The van der Waals surface area contributed by atoms with E-state index in [0.717, 1.165) is 17.0 Å². The molecule has 1 heterocycles. The Labute approximate surface area is 112 Å². The van der Waals surface area contributed by atoms with Crippen molar-refractivity contribution >= 4 is 11.8 Å². The van der Waals surface area contributed by atoms with Gasteiger partial charge in [0.15, 0.2) is 0 Å². The molecule has 0 aromatic carbocycles. The standard InChI is InChI=1S/C14H30N2S/c1-7-15-13(4)14(5,6)10-16-8-11(2)17-12(3)9-16/h11-13,15H,7-10H2,1-6H3. The second-order valence-corrected chi connectivity index (χ2v) is 8.10. The molecule has 3 atom stereocenters. The van der Waals surface area contributed by atoms with Gasteiger partial charge < -0.3 is 10.2 Å². The lowest BCUT2D eigenvalue weighted by Gasteiger charge is -2.42. The number of nitrogens with zero attached hydrogens (tertiary/aromatic N) is 1. The third kappa shape index (κ3) is 4.80. The summed E-state index contributed by atoms with van der Waals surface area (Å²) in [5, 5.41) is 5.13. The van der Waals surface area contributed by atoms with E-state index in [1.807, 2.05) is 0 Å². The summed E-state index contributed by atoms with van der Waals surface area (Å²) in [5.74, 6) is 0. The average molecular weight is 258 g/mol. The normalized spacial score (nSPS) is 29.3. The van der Waals surface area contributed by atoms with E-state index in [-0.39, 0.29) is 0 Å². The number of nitrogens with one attached hydrogen (secondary N) is 1. The predicted molar refractivity (Wildman–Crippen MR) is 79.9 cm³/mol. The molecule has 0 saturated carbocycles. The molecule has 1 aliphatic rings. The van der Waals surface area contributed by atoms with Gasteiger partial charge in [-0.25, -0.2) is 0 Å². The fourth-order valence-electron chi connectivity index (χ4n) is 2.71. The van der Waals surface area contributed by atoms with Crippen LogP contribution in [0, 0.1) is 5.41 Å². The van der Waals surface area contributed by atoms with Gasteiger partial charge in [-0.05, 0) is 18.9 Å². The highest BCUT2D eigenvalue weighted by atomic mass is 32.2. The quantitative estimate of drug-likeness (QED) is 0.816. The molecule has 0 aromatic rings. The number of hydrogen-bond donors (Lipinski definition) is 1. The van der Waals surface area contributed by atoms with Gasteiger partial charge in [0.1, 0.15) is 0 Å². The Hall–Kier alpha value is 0.270. The second kappa shape index (κ2) is 6.44. The molecule has 3 heteroatoms. The summed E-state index contributed by atoms with van der Waals surface area (Å²) in [6, 6.07) is 0.577. The van der Waals surface area contributed by atoms with Crippen molar-refractivity contribution in [3.8, 4) is 0 Å². The zero-order valence-corrected chi connectivity index (χ0v) is 13.2. The topological polar surface area (TPSA) is 15.3 Å². The first-order chi connectivity index (χ1) is 7.85. The van der Waals surface area contributed by atoms with Gasteiger partial charge in [-0.2, -0.15) is 11.8 Å². The lowest BCUT2D eigenvalue weighted by Crippen LogP contribution is -2.50. The molecule has 0 amide bonds. The van der Waals surface area contributed by atoms with Crippen molar-refractivity contribution in [3.05, 3.63) is 0 Å². The van der Waals surface area contributed by atoms with E-state index < -0.39 is 0 Å². The maximum atomic E-state index is 3.57. The first-order valence-corrected chi connectivity index (χ1v) is 7.90. The highest BCUT2D eigenvalue weighted by molar-refractivity contribution is 8.00. The van der Waals surface area contributed by atoms with Gasteiger partial charge in [0.2, 0.25) is 0 Å². The maximum Gasteiger partial charge on any atom is 0.0149 e. The van der Waals surface area contributed by atoms with Gasteiger partial charge in [-0.3, -0.25) is 0 Å². The van der Waals surface area contributed by atoms with Crippen molar-refractivity contribution in [1.29, 1.82) is 0 Å². The molecule has 1 fully saturated rings. The van der Waals surface area contributed by atoms with Crippen LogP contribution in [-0.4, -0.2) is 47.6 Å². The minimum absolute atomic E-state index is 0.345. The van der Waals surface area contributed by atoms with Crippen molar-refractivity contribution in [2.24, 2.45) is 5.41 Å². The Balaban J connectivity index is 2.51. The Morgan fingerprint density at radius 1 is 1.29 bits per heavy atom. The van der Waals surface area contributed by atoms with Crippen LogP contribution in [0.3, 0.4) is 0 Å². The average Bonchev–Trinajstić information content (AvgIpc) is 2.15. The zero-order valence-electron chi connectivity index (χ0n) is 12.4. The Kier molecular flexibility index (Phi) is 5.81. The number of rotatable bonds is 5. The molecule has 17 heavy (non-hydrogen) atoms. The molecular formula is C14H30N2S. The molecule has 3 unspecified atom stereocenters. The predicted octanol–water partition coefficient (Wildman–Crippen LogP) is 2.84. The van der Waals surface area contributed by atoms with Crippen molar-refractivity contribution in [2.45, 2.75) is 58.1 Å². The Bertz CT molecular complexity index is 220. The summed E-state index contributed by atoms with van der Waals surface area (Å²) < 4.78 is 0. The number of thioether (sulfide) groups is 1. The molecule has 0 aliphatic carbocycles. The summed E-state index contributed by atoms with van der Waals surface area (Å²) in [6.45, 7) is 18.7. The minimum atomic E-state index is 0.345. The van der Waals surface area contributed by atoms with Crippen molar-refractivity contribution in [1.82, 2.24) is 10.2 Å². The van der Waals surface area contributed by atoms with E-state index >= 15 is 0 Å². The van der Waals surface area contributed by atoms with E-state index in [4.69, 9.17) is 0 Å². The van der Waals surface area contributed by atoms with Crippen LogP contribution in [0.25, 0.3) is 0 Å². The van der Waals surface area contributed by atoms with Crippen LogP contribution in [0.15, 0.2) is 0 Å². The zero-order chi connectivity index (χ0) is 13.1. The molecule has 2 nitrogen and oxygen atoms in total. The van der Waals surface area contributed by atoms with E-state index in [9.17, 15) is 0 Å². The molecule has 102 valence electrons. The van der Waals surface area contributed by atoms with Gasteiger partial charge in [-0.15, -0.1) is 0 Å². The van der Waals surface area contributed by atoms with Gasteiger partial charge in [0, 0.05) is 36.2 Å². The molecule has 1 aliphatic heterocycles. The lowest BCUT2D eigenvalue weighted by molar-refractivity contribution is 0.142. The molecule has 1 N–H and O–H groups in total. The lowest BCUT2D eigenvalue weighted by atomic mass is 9.84. The molecule has 0 spiro atoms. The minimum Gasteiger partial charge on any atom is -0.314 e. The van der Waals surface area contributed by atoms with E-state index in [1.165, 1.54) is 19.6 Å². The number of hydrogen-bond acceptors (Lipinski definition) is 3. The Morgan fingerprint density at radius 2 is 1.82 bits per heavy atom. The Morgan fingerprint density at radius 3 is 2.29 bits per heavy atom. The van der Waals surface area contributed by atoms with E-state index in [2.05, 4.69) is 63.5 Å².